The molecule has 1 fully saturated rings. The maximum Gasteiger partial charge on any atom is 0.351 e. The number of rotatable bonds is 3. The second-order valence-electron chi connectivity index (χ2n) is 5.68. The van der Waals surface area contributed by atoms with E-state index in [1.165, 1.54) is 6.20 Å². The Morgan fingerprint density at radius 3 is 2.52 bits per heavy atom. The fourth-order valence-electron chi connectivity index (χ4n) is 2.27. The van der Waals surface area contributed by atoms with Crippen molar-refractivity contribution in [1.29, 1.82) is 0 Å². The molecule has 9 heteroatoms. The SMILES string of the molecule is CC(C)(N)c1cn([C@@H]2O[C@H](CO)[C@@H](O)[C@H]2O)c(=O)nc1N. The molecular weight excluding hydrogens is 280 g/mol. The molecule has 1 aromatic heterocycles. The van der Waals surface area contributed by atoms with Gasteiger partial charge in [0, 0.05) is 17.3 Å². The summed E-state index contributed by atoms with van der Waals surface area (Å²) in [5, 5.41) is 28.8. The van der Waals surface area contributed by atoms with Crippen LogP contribution in [0.2, 0.25) is 0 Å². The van der Waals surface area contributed by atoms with Crippen LogP contribution in [0.5, 0.6) is 0 Å². The second kappa shape index (κ2) is 5.35. The lowest BCUT2D eigenvalue weighted by Gasteiger charge is -2.24. The summed E-state index contributed by atoms with van der Waals surface area (Å²) >= 11 is 0. The van der Waals surface area contributed by atoms with E-state index in [-0.39, 0.29) is 5.82 Å². The Hall–Kier alpha value is -1.52. The second-order valence-corrected chi connectivity index (χ2v) is 5.68. The number of nitrogen functional groups attached to an aromatic ring is 1. The molecule has 4 atom stereocenters. The van der Waals surface area contributed by atoms with E-state index in [1.54, 1.807) is 13.8 Å². The monoisotopic (exact) mass is 300 g/mol. The number of nitrogens with zero attached hydrogens (tertiary/aromatic N) is 2. The molecule has 2 heterocycles. The van der Waals surface area contributed by atoms with Gasteiger partial charge in [-0.15, -0.1) is 0 Å². The third-order valence-corrected chi connectivity index (χ3v) is 3.47. The molecular formula is C12H20N4O5. The lowest BCUT2D eigenvalue weighted by Crippen LogP contribution is -2.39. The normalized spacial score (nSPS) is 29.8. The zero-order valence-corrected chi connectivity index (χ0v) is 11.8. The topological polar surface area (TPSA) is 157 Å². The number of aliphatic hydroxyl groups is 3. The number of nitrogens with two attached hydrogens (primary N) is 2. The van der Waals surface area contributed by atoms with Crippen molar-refractivity contribution in [2.75, 3.05) is 12.3 Å². The Morgan fingerprint density at radius 1 is 1.43 bits per heavy atom. The first kappa shape index (κ1) is 15.9. The molecule has 0 aliphatic carbocycles. The van der Waals surface area contributed by atoms with Crippen molar-refractivity contribution < 1.29 is 20.1 Å². The largest absolute Gasteiger partial charge is 0.394 e. The minimum absolute atomic E-state index is 0.00417. The first-order chi connectivity index (χ1) is 9.66. The average Bonchev–Trinajstić information content (AvgIpc) is 2.65. The van der Waals surface area contributed by atoms with Gasteiger partial charge >= 0.3 is 5.69 Å². The summed E-state index contributed by atoms with van der Waals surface area (Å²) in [6, 6.07) is 0. The van der Waals surface area contributed by atoms with Gasteiger partial charge in [0.1, 0.15) is 24.1 Å². The average molecular weight is 300 g/mol. The van der Waals surface area contributed by atoms with E-state index in [2.05, 4.69) is 4.98 Å². The van der Waals surface area contributed by atoms with Gasteiger partial charge in [0.05, 0.1) is 6.61 Å². The van der Waals surface area contributed by atoms with Crippen LogP contribution in [-0.4, -0.2) is 49.8 Å². The van der Waals surface area contributed by atoms with Gasteiger partial charge in [0.25, 0.3) is 0 Å². The summed E-state index contributed by atoms with van der Waals surface area (Å²) in [7, 11) is 0. The van der Waals surface area contributed by atoms with Crippen LogP contribution in [0, 0.1) is 0 Å². The van der Waals surface area contributed by atoms with Gasteiger partial charge in [-0.3, -0.25) is 4.57 Å². The van der Waals surface area contributed by atoms with E-state index in [0.29, 0.717) is 5.56 Å². The standard InChI is InChI=1S/C12H20N4O5/c1-12(2,14)5-3-16(11(20)15-9(5)13)10-8(19)7(18)6(4-17)21-10/h3,6-8,10,17-19H,4,14H2,1-2H3,(H2,13,15,20)/t6-,7-,8-,10-/m1/s1. The van der Waals surface area contributed by atoms with Gasteiger partial charge in [-0.25, -0.2) is 4.79 Å². The van der Waals surface area contributed by atoms with Gasteiger partial charge in [0.2, 0.25) is 0 Å². The lowest BCUT2D eigenvalue weighted by molar-refractivity contribution is -0.0551. The number of ether oxygens (including phenoxy) is 1. The molecule has 0 unspecified atom stereocenters. The van der Waals surface area contributed by atoms with Gasteiger partial charge in [-0.05, 0) is 13.8 Å². The Labute approximate surface area is 120 Å². The third-order valence-electron chi connectivity index (χ3n) is 3.47. The summed E-state index contributed by atoms with van der Waals surface area (Å²) in [6.45, 7) is 2.89. The van der Waals surface area contributed by atoms with Crippen LogP contribution in [0.4, 0.5) is 5.82 Å². The number of hydrogen-bond donors (Lipinski definition) is 5. The van der Waals surface area contributed by atoms with Crippen LogP contribution in [0.1, 0.15) is 25.6 Å². The van der Waals surface area contributed by atoms with Crippen LogP contribution < -0.4 is 17.2 Å². The third kappa shape index (κ3) is 2.78. The molecule has 7 N–H and O–H groups in total. The highest BCUT2D eigenvalue weighted by Crippen LogP contribution is 2.29. The molecule has 0 aromatic carbocycles. The number of hydrogen-bond acceptors (Lipinski definition) is 8. The molecule has 1 saturated heterocycles. The van der Waals surface area contributed by atoms with Crippen molar-refractivity contribution in [3.8, 4) is 0 Å². The van der Waals surface area contributed by atoms with Crippen molar-refractivity contribution in [1.82, 2.24) is 9.55 Å². The van der Waals surface area contributed by atoms with E-state index in [9.17, 15) is 15.0 Å². The molecule has 1 aromatic rings. The minimum atomic E-state index is -1.38. The quantitative estimate of drug-likeness (QED) is 0.414. The molecule has 0 saturated carbocycles. The number of aromatic nitrogens is 2. The van der Waals surface area contributed by atoms with E-state index < -0.39 is 42.4 Å². The number of anilines is 1. The lowest BCUT2D eigenvalue weighted by atomic mass is 9.98. The van der Waals surface area contributed by atoms with E-state index in [0.717, 1.165) is 4.57 Å². The molecule has 1 aliphatic rings. The number of aliphatic hydroxyl groups excluding tert-OH is 3. The van der Waals surface area contributed by atoms with Crippen LogP contribution in [0.3, 0.4) is 0 Å². The summed E-state index contributed by atoms with van der Waals surface area (Å²) in [5.41, 5.74) is 10.5. The van der Waals surface area contributed by atoms with E-state index in [1.807, 2.05) is 0 Å². The van der Waals surface area contributed by atoms with Gasteiger partial charge in [-0.1, -0.05) is 0 Å². The summed E-state index contributed by atoms with van der Waals surface area (Å²) in [4.78, 5) is 15.6. The fraction of sp³-hybridized carbons (Fsp3) is 0.667. The molecule has 118 valence electrons. The molecule has 0 radical (unpaired) electrons. The highest BCUT2D eigenvalue weighted by Gasteiger charge is 2.44. The van der Waals surface area contributed by atoms with Crippen LogP contribution >= 0.6 is 0 Å². The van der Waals surface area contributed by atoms with Crippen LogP contribution in [-0.2, 0) is 10.3 Å². The van der Waals surface area contributed by atoms with Crippen LogP contribution in [0.25, 0.3) is 0 Å². The van der Waals surface area contributed by atoms with Crippen molar-refractivity contribution >= 4 is 5.82 Å². The Balaban J connectivity index is 2.48. The smallest absolute Gasteiger partial charge is 0.351 e. The maximum absolute atomic E-state index is 11.9. The summed E-state index contributed by atoms with van der Waals surface area (Å²) in [6.07, 6.45) is -3.48. The molecule has 0 amide bonds. The molecule has 21 heavy (non-hydrogen) atoms. The first-order valence-corrected chi connectivity index (χ1v) is 6.47. The van der Waals surface area contributed by atoms with Gasteiger partial charge < -0.3 is 31.5 Å². The van der Waals surface area contributed by atoms with E-state index >= 15 is 0 Å². The highest BCUT2D eigenvalue weighted by atomic mass is 16.6. The fourth-order valence-corrected chi connectivity index (χ4v) is 2.27. The summed E-state index contributed by atoms with van der Waals surface area (Å²) < 4.78 is 6.32. The molecule has 0 bridgehead atoms. The zero-order valence-electron chi connectivity index (χ0n) is 11.8. The first-order valence-electron chi connectivity index (χ1n) is 6.47. The molecule has 9 nitrogen and oxygen atoms in total. The molecule has 0 spiro atoms. The van der Waals surface area contributed by atoms with Gasteiger partial charge in [0.15, 0.2) is 6.23 Å². The van der Waals surface area contributed by atoms with Crippen molar-refractivity contribution in [3.63, 3.8) is 0 Å². The van der Waals surface area contributed by atoms with Crippen molar-refractivity contribution in [3.05, 3.63) is 22.2 Å². The van der Waals surface area contributed by atoms with Gasteiger partial charge in [-0.2, -0.15) is 4.98 Å². The Morgan fingerprint density at radius 2 is 2.05 bits per heavy atom. The molecule has 1 aliphatic heterocycles. The zero-order chi connectivity index (χ0) is 15.9. The van der Waals surface area contributed by atoms with Crippen molar-refractivity contribution in [2.24, 2.45) is 5.73 Å². The Bertz CT molecular complexity index is 582. The van der Waals surface area contributed by atoms with Crippen molar-refractivity contribution in [2.45, 2.75) is 43.9 Å². The predicted octanol–water partition coefficient (Wildman–Crippen LogP) is -2.37. The minimum Gasteiger partial charge on any atom is -0.394 e. The maximum atomic E-state index is 11.9. The Kier molecular flexibility index (Phi) is 4.04. The van der Waals surface area contributed by atoms with E-state index in [4.69, 9.17) is 21.3 Å². The summed E-state index contributed by atoms with van der Waals surface area (Å²) in [5.74, 6) is -0.00417. The molecule has 2 rings (SSSR count). The van der Waals surface area contributed by atoms with Crippen LogP contribution in [0.15, 0.2) is 11.0 Å². The highest BCUT2D eigenvalue weighted by molar-refractivity contribution is 5.41. The predicted molar refractivity (Wildman–Crippen MR) is 73.1 cm³/mol.